The highest BCUT2D eigenvalue weighted by molar-refractivity contribution is 7.99. The van der Waals surface area contributed by atoms with Crippen molar-refractivity contribution >= 4 is 29.3 Å². The van der Waals surface area contributed by atoms with Gasteiger partial charge < -0.3 is 20.4 Å². The summed E-state index contributed by atoms with van der Waals surface area (Å²) in [5.41, 5.74) is 0.377. The standard InChI is InChI=1S/C20H30F2N4O2S/c1-20(2,3)24-18(28)14-26-10-4-9-25(11-12-26)13-17(27)23-15-5-7-16(8-6-15)29-19(21)22/h5-8,19H,4,9-14H2,1-3H3,(H,23,27)(H,24,28)/p+2. The van der Waals surface area contributed by atoms with Crippen LogP contribution in [0.1, 0.15) is 27.2 Å². The van der Waals surface area contributed by atoms with Gasteiger partial charge in [0.2, 0.25) is 0 Å². The average molecular weight is 431 g/mol. The van der Waals surface area contributed by atoms with Gasteiger partial charge >= 0.3 is 0 Å². The van der Waals surface area contributed by atoms with Gasteiger partial charge in [0.25, 0.3) is 17.6 Å². The topological polar surface area (TPSA) is 67.1 Å². The van der Waals surface area contributed by atoms with Gasteiger partial charge in [-0.2, -0.15) is 8.78 Å². The molecule has 0 bridgehead atoms. The second-order valence-corrected chi connectivity index (χ2v) is 9.52. The molecule has 29 heavy (non-hydrogen) atoms. The maximum absolute atomic E-state index is 12.4. The molecule has 1 aliphatic rings. The fourth-order valence-corrected chi connectivity index (χ4v) is 3.89. The smallest absolute Gasteiger partial charge is 0.288 e. The third-order valence-corrected chi connectivity index (χ3v) is 5.31. The fourth-order valence-electron chi connectivity index (χ4n) is 3.39. The van der Waals surface area contributed by atoms with E-state index in [1.165, 1.54) is 9.80 Å². The number of rotatable bonds is 7. The van der Waals surface area contributed by atoms with Crippen LogP contribution in [-0.2, 0) is 9.59 Å². The first-order valence-corrected chi connectivity index (χ1v) is 10.8. The number of anilines is 1. The van der Waals surface area contributed by atoms with E-state index in [0.717, 1.165) is 32.6 Å². The Kier molecular flexibility index (Phi) is 8.85. The minimum Gasteiger partial charge on any atom is -0.347 e. The van der Waals surface area contributed by atoms with Gasteiger partial charge in [0, 0.05) is 22.5 Å². The number of quaternary nitrogens is 2. The van der Waals surface area contributed by atoms with Crippen LogP contribution < -0.4 is 20.4 Å². The minimum atomic E-state index is -2.46. The Morgan fingerprint density at radius 1 is 1.00 bits per heavy atom. The molecule has 1 heterocycles. The van der Waals surface area contributed by atoms with Crippen molar-refractivity contribution in [2.75, 3.05) is 44.6 Å². The summed E-state index contributed by atoms with van der Waals surface area (Å²) < 4.78 is 24.7. The predicted octanol–water partition coefficient (Wildman–Crippen LogP) is 0.0280. The summed E-state index contributed by atoms with van der Waals surface area (Å²) in [4.78, 5) is 27.4. The zero-order chi connectivity index (χ0) is 21.4. The minimum absolute atomic E-state index is 0.0575. The zero-order valence-corrected chi connectivity index (χ0v) is 18.1. The molecule has 1 aromatic rings. The molecule has 2 amide bonds. The van der Waals surface area contributed by atoms with Crippen LogP contribution in [0.4, 0.5) is 14.5 Å². The molecular formula is C20H32F2N4O2S+2. The summed E-state index contributed by atoms with van der Waals surface area (Å²) in [6.07, 6.45) is 0.959. The van der Waals surface area contributed by atoms with Crippen molar-refractivity contribution in [3.8, 4) is 0 Å². The summed E-state index contributed by atoms with van der Waals surface area (Å²) in [7, 11) is 0. The maximum Gasteiger partial charge on any atom is 0.288 e. The fraction of sp³-hybridized carbons (Fsp3) is 0.600. The summed E-state index contributed by atoms with van der Waals surface area (Å²) >= 11 is 0.483. The molecule has 1 aliphatic heterocycles. The Morgan fingerprint density at radius 3 is 2.07 bits per heavy atom. The molecule has 2 rings (SSSR count). The molecule has 0 aliphatic carbocycles. The Labute approximate surface area is 175 Å². The highest BCUT2D eigenvalue weighted by Crippen LogP contribution is 2.26. The van der Waals surface area contributed by atoms with Gasteiger partial charge in [-0.25, -0.2) is 0 Å². The molecular weight excluding hydrogens is 398 g/mol. The number of alkyl halides is 2. The van der Waals surface area contributed by atoms with Crippen LogP contribution in [0.3, 0.4) is 0 Å². The van der Waals surface area contributed by atoms with Gasteiger partial charge in [-0.3, -0.25) is 9.59 Å². The van der Waals surface area contributed by atoms with Gasteiger partial charge in [0.05, 0.1) is 13.1 Å². The molecule has 6 nitrogen and oxygen atoms in total. The van der Waals surface area contributed by atoms with Crippen molar-refractivity contribution in [1.29, 1.82) is 0 Å². The van der Waals surface area contributed by atoms with Crippen molar-refractivity contribution in [3.63, 3.8) is 0 Å². The molecule has 1 aromatic carbocycles. The van der Waals surface area contributed by atoms with E-state index in [9.17, 15) is 18.4 Å². The second-order valence-electron chi connectivity index (χ2n) is 8.46. The van der Waals surface area contributed by atoms with Crippen LogP contribution in [0.5, 0.6) is 0 Å². The summed E-state index contributed by atoms with van der Waals surface area (Å²) in [6, 6.07) is 6.43. The first-order chi connectivity index (χ1) is 13.6. The normalized spacial score (nSPS) is 20.2. The molecule has 0 aromatic heterocycles. The Bertz CT molecular complexity index is 680. The zero-order valence-electron chi connectivity index (χ0n) is 17.3. The van der Waals surface area contributed by atoms with E-state index >= 15 is 0 Å². The highest BCUT2D eigenvalue weighted by atomic mass is 32.2. The lowest BCUT2D eigenvalue weighted by Crippen LogP contribution is -3.18. The Balaban J connectivity index is 1.76. The number of hydrogen-bond donors (Lipinski definition) is 4. The lowest BCUT2D eigenvalue weighted by atomic mass is 10.1. The van der Waals surface area contributed by atoms with E-state index in [-0.39, 0.29) is 17.4 Å². The van der Waals surface area contributed by atoms with Gasteiger partial charge in [0.1, 0.15) is 13.1 Å². The quantitative estimate of drug-likeness (QED) is 0.462. The van der Waals surface area contributed by atoms with Crippen LogP contribution in [0.2, 0.25) is 0 Å². The van der Waals surface area contributed by atoms with Crippen LogP contribution in [0.25, 0.3) is 0 Å². The average Bonchev–Trinajstić information content (AvgIpc) is 2.79. The predicted molar refractivity (Wildman–Crippen MR) is 111 cm³/mol. The third-order valence-electron chi connectivity index (χ3n) is 4.59. The van der Waals surface area contributed by atoms with Gasteiger partial charge in [-0.05, 0) is 45.0 Å². The van der Waals surface area contributed by atoms with Crippen molar-refractivity contribution in [1.82, 2.24) is 5.32 Å². The summed E-state index contributed by atoms with van der Waals surface area (Å²) in [6.45, 7) is 10.2. The number of carbonyl (C=O) groups is 2. The molecule has 2 unspecified atom stereocenters. The number of halogens is 2. The first-order valence-electron chi connectivity index (χ1n) is 9.93. The SMILES string of the molecule is CC(C)(C)NC(=O)C[NH+]1CCC[NH+](CC(=O)Nc2ccc(SC(F)F)cc2)CC1. The summed E-state index contributed by atoms with van der Waals surface area (Å²) in [5, 5.41) is 5.83. The lowest BCUT2D eigenvalue weighted by Gasteiger charge is -2.22. The molecule has 0 radical (unpaired) electrons. The van der Waals surface area contributed by atoms with E-state index in [4.69, 9.17) is 0 Å². The summed E-state index contributed by atoms with van der Waals surface area (Å²) in [5.74, 6) is -2.49. The van der Waals surface area contributed by atoms with Crippen LogP contribution >= 0.6 is 11.8 Å². The van der Waals surface area contributed by atoms with Crippen molar-refractivity contribution in [2.24, 2.45) is 0 Å². The number of amides is 2. The molecule has 9 heteroatoms. The monoisotopic (exact) mass is 430 g/mol. The van der Waals surface area contributed by atoms with Crippen LogP contribution in [-0.4, -0.2) is 62.4 Å². The van der Waals surface area contributed by atoms with Crippen LogP contribution in [0.15, 0.2) is 29.2 Å². The largest absolute Gasteiger partial charge is 0.347 e. The number of benzene rings is 1. The maximum atomic E-state index is 12.4. The molecule has 0 spiro atoms. The number of thioether (sulfide) groups is 1. The Morgan fingerprint density at radius 2 is 1.55 bits per heavy atom. The third kappa shape index (κ3) is 9.56. The van der Waals surface area contributed by atoms with E-state index in [1.54, 1.807) is 24.3 Å². The molecule has 1 fully saturated rings. The molecule has 2 atom stereocenters. The first kappa shape index (κ1) is 23.6. The second kappa shape index (κ2) is 10.9. The molecule has 0 saturated carbocycles. The number of hydrogen-bond acceptors (Lipinski definition) is 3. The van der Waals surface area contributed by atoms with Crippen molar-refractivity contribution in [2.45, 2.75) is 43.4 Å². The Hall–Kier alpha value is -1.71. The van der Waals surface area contributed by atoms with E-state index < -0.39 is 5.76 Å². The van der Waals surface area contributed by atoms with Crippen molar-refractivity contribution in [3.05, 3.63) is 24.3 Å². The lowest BCUT2D eigenvalue weighted by molar-refractivity contribution is -0.930. The van der Waals surface area contributed by atoms with E-state index in [2.05, 4.69) is 10.6 Å². The highest BCUT2D eigenvalue weighted by Gasteiger charge is 2.25. The number of carbonyl (C=O) groups excluding carboxylic acids is 2. The van der Waals surface area contributed by atoms with Crippen molar-refractivity contribution < 1.29 is 28.2 Å². The number of nitrogens with one attached hydrogen (secondary N) is 4. The van der Waals surface area contributed by atoms with Crippen LogP contribution in [0, 0.1) is 0 Å². The molecule has 1 saturated heterocycles. The molecule has 4 N–H and O–H groups in total. The van der Waals surface area contributed by atoms with Gasteiger partial charge in [-0.1, -0.05) is 11.8 Å². The van der Waals surface area contributed by atoms with Gasteiger partial charge in [-0.15, -0.1) is 0 Å². The van der Waals surface area contributed by atoms with E-state index in [0.29, 0.717) is 35.4 Å². The van der Waals surface area contributed by atoms with Gasteiger partial charge in [0.15, 0.2) is 13.1 Å². The van der Waals surface area contributed by atoms with E-state index in [1.807, 2.05) is 20.8 Å². The molecule has 162 valence electrons.